The summed E-state index contributed by atoms with van der Waals surface area (Å²) in [5.41, 5.74) is 7.81. The lowest BCUT2D eigenvalue weighted by atomic mass is 10.0. The fourth-order valence-corrected chi connectivity index (χ4v) is 6.78. The fourth-order valence-electron chi connectivity index (χ4n) is 6.78. The summed E-state index contributed by atoms with van der Waals surface area (Å²) < 4.78 is 11.6. The molecule has 294 valence electrons. The van der Waals surface area contributed by atoms with Gasteiger partial charge in [-0.05, 0) is 61.2 Å². The topological polar surface area (TPSA) is 197 Å². The van der Waals surface area contributed by atoms with Gasteiger partial charge in [0.2, 0.25) is 17.7 Å². The lowest BCUT2D eigenvalue weighted by Gasteiger charge is -2.28. The quantitative estimate of drug-likeness (QED) is 0.0793. The van der Waals surface area contributed by atoms with Gasteiger partial charge in [-0.25, -0.2) is 0 Å². The number of nitrogens with zero attached hydrogens (tertiary/aromatic N) is 5. The van der Waals surface area contributed by atoms with Gasteiger partial charge in [0, 0.05) is 44.1 Å². The van der Waals surface area contributed by atoms with Gasteiger partial charge in [0.15, 0.2) is 5.82 Å². The summed E-state index contributed by atoms with van der Waals surface area (Å²) in [7, 11) is 0. The zero-order valence-electron chi connectivity index (χ0n) is 31.7. The van der Waals surface area contributed by atoms with E-state index in [-0.39, 0.29) is 42.5 Å². The number of amides is 5. The number of morpholine rings is 1. The van der Waals surface area contributed by atoms with Crippen LogP contribution in [0.2, 0.25) is 0 Å². The first-order valence-corrected chi connectivity index (χ1v) is 18.9. The Hall–Kier alpha value is -6.68. The van der Waals surface area contributed by atoms with Crippen molar-refractivity contribution < 1.29 is 33.4 Å². The molecule has 4 N–H and O–H groups in total. The van der Waals surface area contributed by atoms with E-state index >= 15 is 0 Å². The molecule has 5 amide bonds. The molecule has 16 heteroatoms. The molecule has 0 aliphatic carbocycles. The van der Waals surface area contributed by atoms with Crippen LogP contribution in [0, 0.1) is 6.92 Å². The van der Waals surface area contributed by atoms with Gasteiger partial charge in [0.1, 0.15) is 11.9 Å². The SMILES string of the molecule is CCCC(=O)Nc1ccc(CCOc2nc(N/N=C/c3cccc(C)c3)cc(N3CCOCC3)n2)cc1Nc1ccc2c(c1)C(=O)N(C1CCC(=O)NC1=O)C2=O. The highest BCUT2D eigenvalue weighted by Crippen LogP contribution is 2.33. The molecule has 7 rings (SSSR count). The van der Waals surface area contributed by atoms with Crippen LogP contribution in [0.1, 0.15) is 70.0 Å². The number of nitrogens with one attached hydrogen (secondary N) is 4. The van der Waals surface area contributed by atoms with Crippen LogP contribution in [-0.2, 0) is 25.5 Å². The molecule has 3 aliphatic heterocycles. The number of ether oxygens (including phenoxy) is 2. The van der Waals surface area contributed by atoms with E-state index in [9.17, 15) is 24.0 Å². The average molecular weight is 774 g/mol. The zero-order chi connectivity index (χ0) is 39.9. The van der Waals surface area contributed by atoms with Gasteiger partial charge in [0.25, 0.3) is 11.8 Å². The van der Waals surface area contributed by atoms with Crippen molar-refractivity contribution in [2.75, 3.05) is 53.9 Å². The summed E-state index contributed by atoms with van der Waals surface area (Å²) in [4.78, 5) is 75.9. The van der Waals surface area contributed by atoms with Crippen molar-refractivity contribution in [2.24, 2.45) is 5.10 Å². The second kappa shape index (κ2) is 17.4. The van der Waals surface area contributed by atoms with E-state index in [1.54, 1.807) is 24.4 Å². The molecule has 0 spiro atoms. The van der Waals surface area contributed by atoms with Crippen molar-refractivity contribution in [3.63, 3.8) is 0 Å². The lowest BCUT2D eigenvalue weighted by molar-refractivity contribution is -0.136. The summed E-state index contributed by atoms with van der Waals surface area (Å²) >= 11 is 0. The molecule has 2 fully saturated rings. The fraction of sp³-hybridized carbons (Fsp3) is 0.317. The number of fused-ring (bicyclic) bond motifs is 1. The Labute approximate surface area is 329 Å². The van der Waals surface area contributed by atoms with E-state index in [1.807, 2.05) is 56.3 Å². The molecule has 0 radical (unpaired) electrons. The van der Waals surface area contributed by atoms with Crippen molar-refractivity contribution in [3.8, 4) is 6.01 Å². The zero-order valence-corrected chi connectivity index (χ0v) is 31.7. The van der Waals surface area contributed by atoms with Crippen molar-refractivity contribution >= 4 is 64.4 Å². The minimum Gasteiger partial charge on any atom is -0.463 e. The largest absolute Gasteiger partial charge is 0.463 e. The Bertz CT molecular complexity index is 2240. The van der Waals surface area contributed by atoms with Crippen LogP contribution in [0.5, 0.6) is 6.01 Å². The standard InChI is InChI=1S/C41H43N9O7/c1-3-5-36(51)44-31-11-8-26(21-32(31)43-28-9-10-29-30(22-28)40(55)50(39(29)54)33-12-13-37(52)47-38(33)53)14-17-57-41-45-34(23-35(46-41)49-15-18-56-19-16-49)48-42-24-27-7-4-6-25(2)20-27/h4,6-11,20-24,33,43H,3,5,12-19H2,1-2H3,(H,44,51)(H,45,46,48)(H,47,52,53)/b42-24+. The summed E-state index contributed by atoms with van der Waals surface area (Å²) in [6.45, 7) is 6.68. The number of carbonyl (C=O) groups is 5. The Kier molecular flexibility index (Phi) is 11.8. The summed E-state index contributed by atoms with van der Waals surface area (Å²) in [5, 5.41) is 12.9. The first-order valence-electron chi connectivity index (χ1n) is 18.9. The summed E-state index contributed by atoms with van der Waals surface area (Å²) in [6, 6.07) is 19.2. The second-order valence-electron chi connectivity index (χ2n) is 13.9. The molecule has 1 aromatic heterocycles. The molecule has 57 heavy (non-hydrogen) atoms. The Morgan fingerprint density at radius 2 is 1.81 bits per heavy atom. The van der Waals surface area contributed by atoms with E-state index in [1.165, 1.54) is 6.07 Å². The maximum Gasteiger partial charge on any atom is 0.320 e. The molecule has 3 aliphatic rings. The molecular weight excluding hydrogens is 731 g/mol. The third kappa shape index (κ3) is 9.24. The minimum atomic E-state index is -1.07. The highest BCUT2D eigenvalue weighted by molar-refractivity contribution is 6.23. The summed E-state index contributed by atoms with van der Waals surface area (Å²) in [5.74, 6) is -1.33. The van der Waals surface area contributed by atoms with E-state index < -0.39 is 29.7 Å². The number of imide groups is 2. The highest BCUT2D eigenvalue weighted by Gasteiger charge is 2.44. The van der Waals surface area contributed by atoms with Crippen molar-refractivity contribution in [2.45, 2.75) is 52.0 Å². The number of hydrazone groups is 1. The van der Waals surface area contributed by atoms with Crippen LogP contribution < -0.4 is 31.0 Å². The lowest BCUT2D eigenvalue weighted by Crippen LogP contribution is -2.54. The Morgan fingerprint density at radius 1 is 0.982 bits per heavy atom. The molecule has 16 nitrogen and oxygen atoms in total. The molecule has 4 aromatic rings. The molecule has 4 heterocycles. The third-order valence-corrected chi connectivity index (χ3v) is 9.64. The average Bonchev–Trinajstić information content (AvgIpc) is 3.44. The third-order valence-electron chi connectivity index (χ3n) is 9.64. The van der Waals surface area contributed by atoms with Crippen molar-refractivity contribution in [1.29, 1.82) is 0 Å². The van der Waals surface area contributed by atoms with Gasteiger partial charge < -0.3 is 25.0 Å². The minimum absolute atomic E-state index is 0.0284. The van der Waals surface area contributed by atoms with Crippen LogP contribution in [0.4, 0.5) is 28.7 Å². The van der Waals surface area contributed by atoms with Gasteiger partial charge in [-0.15, -0.1) is 0 Å². The van der Waals surface area contributed by atoms with E-state index in [0.717, 1.165) is 21.6 Å². The number of anilines is 5. The van der Waals surface area contributed by atoms with Gasteiger partial charge in [0.05, 0.1) is 48.5 Å². The van der Waals surface area contributed by atoms with Crippen LogP contribution in [-0.4, -0.2) is 89.6 Å². The molecule has 1 atom stereocenters. The number of carbonyl (C=O) groups excluding carboxylic acids is 5. The van der Waals surface area contributed by atoms with Crippen LogP contribution in [0.25, 0.3) is 0 Å². The number of hydrogen-bond donors (Lipinski definition) is 4. The number of hydrogen-bond acceptors (Lipinski definition) is 13. The predicted octanol–water partition coefficient (Wildman–Crippen LogP) is 4.57. The van der Waals surface area contributed by atoms with E-state index in [0.29, 0.717) is 74.3 Å². The maximum absolute atomic E-state index is 13.5. The van der Waals surface area contributed by atoms with E-state index in [4.69, 9.17) is 9.47 Å². The molecule has 0 bridgehead atoms. The van der Waals surface area contributed by atoms with Crippen molar-refractivity contribution in [3.05, 3.63) is 94.5 Å². The number of aryl methyl sites for hydroxylation is 1. The first kappa shape index (κ1) is 38.6. The van der Waals surface area contributed by atoms with Gasteiger partial charge in [-0.2, -0.15) is 15.1 Å². The van der Waals surface area contributed by atoms with Crippen molar-refractivity contribution in [1.82, 2.24) is 20.2 Å². The highest BCUT2D eigenvalue weighted by atomic mass is 16.5. The molecule has 1 unspecified atom stereocenters. The molecule has 2 saturated heterocycles. The van der Waals surface area contributed by atoms with Gasteiger partial charge >= 0.3 is 6.01 Å². The van der Waals surface area contributed by atoms with Crippen LogP contribution in [0.15, 0.2) is 71.8 Å². The summed E-state index contributed by atoms with van der Waals surface area (Å²) in [6.07, 6.45) is 3.26. The smallest absolute Gasteiger partial charge is 0.320 e. The first-order chi connectivity index (χ1) is 27.6. The number of benzene rings is 3. The monoisotopic (exact) mass is 773 g/mol. The van der Waals surface area contributed by atoms with Gasteiger partial charge in [-0.1, -0.05) is 42.8 Å². The molecule has 3 aromatic carbocycles. The number of piperidine rings is 1. The predicted molar refractivity (Wildman–Crippen MR) is 213 cm³/mol. The van der Waals surface area contributed by atoms with Crippen LogP contribution >= 0.6 is 0 Å². The normalized spacial score (nSPS) is 16.8. The van der Waals surface area contributed by atoms with E-state index in [2.05, 4.69) is 41.3 Å². The number of rotatable bonds is 14. The van der Waals surface area contributed by atoms with Crippen LogP contribution in [0.3, 0.4) is 0 Å². The molecule has 0 saturated carbocycles. The Morgan fingerprint density at radius 3 is 2.60 bits per heavy atom. The maximum atomic E-state index is 13.5. The second-order valence-corrected chi connectivity index (χ2v) is 13.9. The Balaban J connectivity index is 1.07. The molecular formula is C41H43N9O7. The number of aromatic nitrogens is 2. The van der Waals surface area contributed by atoms with Gasteiger partial charge in [-0.3, -0.25) is 39.6 Å².